The number of carbonyl (C=O) groups excluding carboxylic acids is 1. The summed E-state index contributed by atoms with van der Waals surface area (Å²) < 4.78 is 20.4. The van der Waals surface area contributed by atoms with Gasteiger partial charge in [0.25, 0.3) is 5.91 Å². The fraction of sp³-hybridized carbons (Fsp3) is 0.407. The first-order valence-corrected chi connectivity index (χ1v) is 13.9. The maximum atomic E-state index is 13.6. The predicted octanol–water partition coefficient (Wildman–Crippen LogP) is 2.59. The molecule has 0 saturated carbocycles. The number of carbonyl (C=O) groups is 1. The van der Waals surface area contributed by atoms with E-state index in [4.69, 9.17) is 9.84 Å². The van der Waals surface area contributed by atoms with Crippen LogP contribution in [-0.4, -0.2) is 80.3 Å². The van der Waals surface area contributed by atoms with Gasteiger partial charge in [-0.15, -0.1) is 0 Å². The molecule has 6 rings (SSSR count). The lowest BCUT2D eigenvalue weighted by atomic mass is 10.0. The van der Waals surface area contributed by atoms with E-state index in [1.807, 2.05) is 41.1 Å². The van der Waals surface area contributed by atoms with E-state index in [0.29, 0.717) is 32.0 Å². The second kappa shape index (κ2) is 9.89. The Hall–Kier alpha value is -2.85. The molecule has 3 aromatic rings. The molecule has 3 aliphatic rings. The lowest BCUT2D eigenvalue weighted by molar-refractivity contribution is 0.0298. The van der Waals surface area contributed by atoms with Crippen molar-refractivity contribution in [3.63, 3.8) is 0 Å². The van der Waals surface area contributed by atoms with Crippen molar-refractivity contribution >= 4 is 16.7 Å². The van der Waals surface area contributed by atoms with Gasteiger partial charge in [-0.2, -0.15) is 5.10 Å². The van der Waals surface area contributed by atoms with Gasteiger partial charge in [-0.05, 0) is 36.6 Å². The number of aromatic nitrogens is 2. The average molecular weight is 507 g/mol. The molecule has 1 unspecified atom stereocenters. The number of fused-ring (bicyclic) bond motifs is 3. The number of ether oxygens (including phenoxy) is 1. The third kappa shape index (κ3) is 4.41. The van der Waals surface area contributed by atoms with Gasteiger partial charge in [0, 0.05) is 48.7 Å². The Morgan fingerprint density at radius 3 is 2.64 bits per heavy atom. The summed E-state index contributed by atoms with van der Waals surface area (Å²) in [7, 11) is -1.24. The van der Waals surface area contributed by atoms with Crippen LogP contribution in [0.2, 0.25) is 0 Å². The van der Waals surface area contributed by atoms with Crippen molar-refractivity contribution in [3.05, 3.63) is 65.4 Å². The zero-order valence-electron chi connectivity index (χ0n) is 20.1. The first kappa shape index (κ1) is 23.5. The number of nitrogens with zero attached hydrogens (tertiary/aromatic N) is 4. The molecule has 2 fully saturated rings. The summed E-state index contributed by atoms with van der Waals surface area (Å²) in [5.74, 6) is 0.140. The fourth-order valence-corrected chi connectivity index (χ4v) is 6.66. The van der Waals surface area contributed by atoms with Crippen LogP contribution >= 0.6 is 0 Å². The monoisotopic (exact) mass is 506 g/mol. The quantitative estimate of drug-likeness (QED) is 0.585. The van der Waals surface area contributed by atoms with Gasteiger partial charge in [-0.1, -0.05) is 30.3 Å². The minimum absolute atomic E-state index is 0.132. The Kier molecular flexibility index (Phi) is 6.47. The number of rotatable bonds is 4. The van der Waals surface area contributed by atoms with Gasteiger partial charge in [0.15, 0.2) is 5.69 Å². The summed E-state index contributed by atoms with van der Waals surface area (Å²) >= 11 is 0. The minimum Gasteiger partial charge on any atom is -0.393 e. The molecule has 1 amide bonds. The Balaban J connectivity index is 1.42. The molecule has 2 aromatic carbocycles. The number of benzene rings is 2. The third-order valence-electron chi connectivity index (χ3n) is 7.27. The molecule has 0 aliphatic carbocycles. The first-order chi connectivity index (χ1) is 17.6. The second-order valence-electron chi connectivity index (χ2n) is 9.66. The zero-order chi connectivity index (χ0) is 24.6. The Labute approximate surface area is 212 Å². The van der Waals surface area contributed by atoms with Crippen LogP contribution in [0.5, 0.6) is 0 Å². The maximum absolute atomic E-state index is 13.6. The number of likely N-dealkylation sites (tertiary alicyclic amines) is 1. The van der Waals surface area contributed by atoms with E-state index in [1.165, 1.54) is 0 Å². The van der Waals surface area contributed by atoms with E-state index in [1.54, 1.807) is 4.90 Å². The highest BCUT2D eigenvalue weighted by Gasteiger charge is 2.34. The predicted molar refractivity (Wildman–Crippen MR) is 136 cm³/mol. The normalized spacial score (nSPS) is 20.7. The molecule has 8 nitrogen and oxygen atoms in total. The van der Waals surface area contributed by atoms with Crippen molar-refractivity contribution < 1.29 is 18.8 Å². The first-order valence-electron chi connectivity index (χ1n) is 12.5. The molecule has 1 aromatic heterocycles. The van der Waals surface area contributed by atoms with Crippen LogP contribution in [0.15, 0.2) is 53.4 Å². The Morgan fingerprint density at radius 2 is 1.83 bits per heavy atom. The molecule has 0 bridgehead atoms. The molecule has 2 saturated heterocycles. The molecular weight excluding hydrogens is 476 g/mol. The smallest absolute Gasteiger partial charge is 0.274 e. The second-order valence-corrected chi connectivity index (χ2v) is 11.1. The molecule has 188 valence electrons. The highest BCUT2D eigenvalue weighted by atomic mass is 32.2. The van der Waals surface area contributed by atoms with E-state index in [2.05, 4.69) is 17.0 Å². The van der Waals surface area contributed by atoms with Gasteiger partial charge in [-0.25, -0.2) is 4.68 Å². The van der Waals surface area contributed by atoms with Crippen LogP contribution < -0.4 is 0 Å². The summed E-state index contributed by atoms with van der Waals surface area (Å²) in [4.78, 5) is 18.5. The number of morpholine rings is 1. The minimum atomic E-state index is -1.24. The van der Waals surface area contributed by atoms with Crippen LogP contribution in [0.1, 0.15) is 34.5 Å². The van der Waals surface area contributed by atoms with Crippen molar-refractivity contribution in [2.75, 3.05) is 39.4 Å². The standard InChI is InChI=1S/C27H30N4O4S/c32-21-8-10-29(11-9-21)17-19-4-3-5-20(16-19)31-26-22-6-1-2-7-24(22)36(34)18-23(26)25(28-31)27(33)30-12-14-35-15-13-30/h1-7,16,21,32H,8-15,17-18H2. The van der Waals surface area contributed by atoms with Gasteiger partial charge in [0.05, 0.1) is 47.3 Å². The van der Waals surface area contributed by atoms with Crippen LogP contribution in [0.25, 0.3) is 16.9 Å². The van der Waals surface area contributed by atoms with Crippen LogP contribution in [0, 0.1) is 0 Å². The highest BCUT2D eigenvalue weighted by Crippen LogP contribution is 2.39. The molecule has 3 aliphatic heterocycles. The summed E-state index contributed by atoms with van der Waals surface area (Å²) in [5.41, 5.74) is 4.87. The SMILES string of the molecule is O=C(c1nn(-c2cccc(CN3CCC(O)CC3)c2)c2c1CS(=O)c1ccccc1-2)N1CCOCC1. The number of hydrogen-bond acceptors (Lipinski definition) is 6. The number of aliphatic hydroxyl groups is 1. The van der Waals surface area contributed by atoms with Gasteiger partial charge >= 0.3 is 0 Å². The number of piperidine rings is 1. The molecule has 9 heteroatoms. The van der Waals surface area contributed by atoms with Gasteiger partial charge < -0.3 is 14.7 Å². The summed E-state index contributed by atoms with van der Waals surface area (Å²) in [5, 5.41) is 14.7. The molecule has 1 atom stereocenters. The van der Waals surface area contributed by atoms with E-state index < -0.39 is 10.8 Å². The van der Waals surface area contributed by atoms with E-state index in [9.17, 15) is 14.1 Å². The van der Waals surface area contributed by atoms with Gasteiger partial charge in [0.2, 0.25) is 0 Å². The van der Waals surface area contributed by atoms with Crippen molar-refractivity contribution in [2.45, 2.75) is 36.1 Å². The molecule has 0 spiro atoms. The molecule has 4 heterocycles. The number of hydrogen-bond donors (Lipinski definition) is 1. The topological polar surface area (TPSA) is 87.9 Å². The number of amides is 1. The van der Waals surface area contributed by atoms with Crippen molar-refractivity contribution in [1.82, 2.24) is 19.6 Å². The molecule has 0 radical (unpaired) electrons. The van der Waals surface area contributed by atoms with Crippen molar-refractivity contribution in [1.29, 1.82) is 0 Å². The highest BCUT2D eigenvalue weighted by molar-refractivity contribution is 7.84. The third-order valence-corrected chi connectivity index (χ3v) is 8.66. The summed E-state index contributed by atoms with van der Waals surface area (Å²) in [6.07, 6.45) is 1.40. The van der Waals surface area contributed by atoms with Crippen LogP contribution in [0.4, 0.5) is 0 Å². The summed E-state index contributed by atoms with van der Waals surface area (Å²) in [6.45, 7) is 4.63. The lowest BCUT2D eigenvalue weighted by Crippen LogP contribution is -2.41. The van der Waals surface area contributed by atoms with Gasteiger partial charge in [0.1, 0.15) is 0 Å². The summed E-state index contributed by atoms with van der Waals surface area (Å²) in [6, 6.07) is 16.0. The maximum Gasteiger partial charge on any atom is 0.274 e. The van der Waals surface area contributed by atoms with Crippen molar-refractivity contribution in [2.24, 2.45) is 0 Å². The Bertz CT molecular complexity index is 1310. The van der Waals surface area contributed by atoms with Crippen molar-refractivity contribution in [3.8, 4) is 16.9 Å². The fourth-order valence-electron chi connectivity index (χ4n) is 5.33. The van der Waals surface area contributed by atoms with E-state index in [0.717, 1.165) is 65.4 Å². The van der Waals surface area contributed by atoms with Crippen LogP contribution in [0.3, 0.4) is 0 Å². The van der Waals surface area contributed by atoms with Gasteiger partial charge in [-0.3, -0.25) is 13.9 Å². The largest absolute Gasteiger partial charge is 0.393 e. The van der Waals surface area contributed by atoms with Crippen LogP contribution in [-0.2, 0) is 27.8 Å². The molecule has 36 heavy (non-hydrogen) atoms. The van der Waals surface area contributed by atoms with E-state index in [-0.39, 0.29) is 17.8 Å². The zero-order valence-corrected chi connectivity index (χ0v) is 21.0. The number of aliphatic hydroxyl groups excluding tert-OH is 1. The molecule has 1 N–H and O–H groups in total. The average Bonchev–Trinajstić information content (AvgIpc) is 3.30. The van der Waals surface area contributed by atoms with E-state index >= 15 is 0 Å². The lowest BCUT2D eigenvalue weighted by Gasteiger charge is -2.29. The molecular formula is C27H30N4O4S. The Morgan fingerprint density at radius 1 is 1.06 bits per heavy atom.